The summed E-state index contributed by atoms with van der Waals surface area (Å²) in [5, 5.41) is 0. The van der Waals surface area contributed by atoms with E-state index in [1.54, 1.807) is 38.0 Å². The standard InChI is InChI=1S/C16H15F3N3.C16H14F3N3.HI.Ir/c2*1-11(2)21-10-22(13-6-4-3-5-7-13)15-14(21)8-12(9-20-15)16(17,18)19;;/h3-11H,1-2H3;3-6,8-11H,1-2H3;1H;/q+1;-2;;/p-1. The van der Waals surface area contributed by atoms with Crippen LogP contribution in [-0.2, 0) is 32.5 Å². The first-order chi connectivity index (χ1) is 20.8. The van der Waals surface area contributed by atoms with Gasteiger partial charge in [0.2, 0.25) is 0 Å². The fourth-order valence-electron chi connectivity index (χ4n) is 4.75. The second kappa shape index (κ2) is 14.7. The van der Waals surface area contributed by atoms with Gasteiger partial charge in [0.05, 0.1) is 22.9 Å². The smallest absolute Gasteiger partial charge is 0.418 e. The molecule has 0 N–H and O–H groups in total. The molecule has 0 unspecified atom stereocenters. The average molecular weight is 931 g/mol. The second-order valence-corrected chi connectivity index (χ2v) is 10.7. The van der Waals surface area contributed by atoms with Crippen molar-refractivity contribution in [3.63, 3.8) is 0 Å². The number of para-hydroxylation sites is 2. The molecule has 0 fully saturated rings. The van der Waals surface area contributed by atoms with Crippen LogP contribution in [0.15, 0.2) is 85.5 Å². The molecule has 6 rings (SSSR count). The van der Waals surface area contributed by atoms with Crippen LogP contribution in [0.25, 0.3) is 16.9 Å². The molecule has 1 aliphatic rings. The topological polar surface area (TPSA) is 41.1 Å². The molecule has 0 saturated carbocycles. The Bertz CT molecular complexity index is 1740. The van der Waals surface area contributed by atoms with Gasteiger partial charge in [-0.25, -0.2) is 14.5 Å². The molecule has 247 valence electrons. The molecular weight excluding hydrogens is 902 g/mol. The number of benzene rings is 2. The van der Waals surface area contributed by atoms with Crippen LogP contribution in [0.2, 0.25) is 0 Å². The van der Waals surface area contributed by atoms with Crippen molar-refractivity contribution < 1.29 is 75.0 Å². The number of anilines is 3. The van der Waals surface area contributed by atoms with Gasteiger partial charge in [0.15, 0.2) is 5.52 Å². The van der Waals surface area contributed by atoms with Crippen LogP contribution in [-0.4, -0.2) is 20.6 Å². The Balaban J connectivity index is 0.000000240. The number of halogens is 7. The van der Waals surface area contributed by atoms with Crippen molar-refractivity contribution in [3.05, 3.63) is 109 Å². The third-order valence-corrected chi connectivity index (χ3v) is 6.94. The van der Waals surface area contributed by atoms with Crippen molar-refractivity contribution in [2.24, 2.45) is 0 Å². The van der Waals surface area contributed by atoms with Gasteiger partial charge < -0.3 is 33.8 Å². The molecule has 4 heterocycles. The summed E-state index contributed by atoms with van der Waals surface area (Å²) in [5.41, 5.74) is 1.53. The van der Waals surface area contributed by atoms with E-state index in [4.69, 9.17) is 0 Å². The number of rotatable bonds is 4. The van der Waals surface area contributed by atoms with Crippen LogP contribution >= 0.6 is 0 Å². The van der Waals surface area contributed by atoms with Gasteiger partial charge in [0.1, 0.15) is 11.5 Å². The monoisotopic (exact) mass is 931 g/mol. The Morgan fingerprint density at radius 2 is 1.43 bits per heavy atom. The SMILES string of the molecule is CC(C)N1[CH-]N(c2[c-]cccc2)c2ncc(C(F)(F)F)cc21.CC(C)[n+]1cn(-c2ccccc2)c2ncc(C(F)(F)F)cc21.[I-].[Ir]. The maximum atomic E-state index is 12.9. The van der Waals surface area contributed by atoms with Crippen LogP contribution in [0.5, 0.6) is 0 Å². The summed E-state index contributed by atoms with van der Waals surface area (Å²) in [6, 6.07) is 22.1. The predicted molar refractivity (Wildman–Crippen MR) is 155 cm³/mol. The molecular formula is C32H29F6IIrN6-2. The molecule has 1 aliphatic heterocycles. The number of pyridine rings is 2. The van der Waals surface area contributed by atoms with E-state index in [-0.39, 0.29) is 56.2 Å². The first kappa shape index (κ1) is 37.2. The summed E-state index contributed by atoms with van der Waals surface area (Å²) in [5.74, 6) is 0.476. The minimum atomic E-state index is -4.41. The van der Waals surface area contributed by atoms with E-state index in [0.29, 0.717) is 22.7 Å². The number of hydrogen-bond donors (Lipinski definition) is 0. The summed E-state index contributed by atoms with van der Waals surface area (Å²) in [6.45, 7) is 9.44. The van der Waals surface area contributed by atoms with Crippen molar-refractivity contribution in [1.29, 1.82) is 0 Å². The predicted octanol–water partition coefficient (Wildman–Crippen LogP) is 5.30. The maximum absolute atomic E-state index is 12.9. The van der Waals surface area contributed by atoms with E-state index in [1.807, 2.05) is 76.2 Å². The zero-order chi connectivity index (χ0) is 31.8. The fourth-order valence-corrected chi connectivity index (χ4v) is 4.75. The van der Waals surface area contributed by atoms with Gasteiger partial charge in [-0.15, -0.1) is 12.4 Å². The minimum Gasteiger partial charge on any atom is -1.00 e. The zero-order valence-electron chi connectivity index (χ0n) is 25.0. The summed E-state index contributed by atoms with van der Waals surface area (Å²) in [7, 11) is 0. The number of aromatic nitrogens is 4. The Morgan fingerprint density at radius 1 is 0.826 bits per heavy atom. The zero-order valence-corrected chi connectivity index (χ0v) is 29.5. The van der Waals surface area contributed by atoms with Crippen LogP contribution in [0, 0.1) is 12.7 Å². The Kier molecular flexibility index (Phi) is 11.9. The van der Waals surface area contributed by atoms with Gasteiger partial charge in [0, 0.05) is 38.6 Å². The normalized spacial score (nSPS) is 12.9. The van der Waals surface area contributed by atoms with Crippen molar-refractivity contribution in [2.45, 2.75) is 52.1 Å². The average Bonchev–Trinajstić information content (AvgIpc) is 3.56. The van der Waals surface area contributed by atoms with Crippen molar-refractivity contribution >= 4 is 28.4 Å². The van der Waals surface area contributed by atoms with E-state index in [0.717, 1.165) is 35.9 Å². The molecule has 2 aromatic carbocycles. The number of alkyl halides is 6. The van der Waals surface area contributed by atoms with Crippen LogP contribution < -0.4 is 38.3 Å². The molecule has 0 saturated heterocycles. The number of imidazole rings is 1. The van der Waals surface area contributed by atoms with Crippen molar-refractivity contribution in [1.82, 2.24) is 14.5 Å². The van der Waals surface area contributed by atoms with Crippen LogP contribution in [0.3, 0.4) is 0 Å². The van der Waals surface area contributed by atoms with Gasteiger partial charge >= 0.3 is 12.4 Å². The largest absolute Gasteiger partial charge is 1.00 e. The summed E-state index contributed by atoms with van der Waals surface area (Å²) in [4.78, 5) is 11.6. The molecule has 5 aromatic rings. The fraction of sp³-hybridized carbons (Fsp3) is 0.250. The van der Waals surface area contributed by atoms with Gasteiger partial charge in [-0.1, -0.05) is 18.2 Å². The molecule has 0 aliphatic carbocycles. The third-order valence-electron chi connectivity index (χ3n) is 6.94. The van der Waals surface area contributed by atoms with Gasteiger partial charge in [-0.3, -0.25) is 0 Å². The van der Waals surface area contributed by atoms with Gasteiger partial charge in [0.25, 0.3) is 12.0 Å². The van der Waals surface area contributed by atoms with E-state index < -0.39 is 23.5 Å². The molecule has 0 bridgehead atoms. The number of nitrogens with zero attached hydrogens (tertiary/aromatic N) is 6. The molecule has 0 amide bonds. The number of hydrogen-bond acceptors (Lipinski definition) is 4. The van der Waals surface area contributed by atoms with E-state index in [2.05, 4.69) is 16.0 Å². The first-order valence-electron chi connectivity index (χ1n) is 13.8. The third kappa shape index (κ3) is 7.83. The number of fused-ring (bicyclic) bond motifs is 2. The van der Waals surface area contributed by atoms with Gasteiger partial charge in [-0.05, 0) is 51.9 Å². The van der Waals surface area contributed by atoms with E-state index in [1.165, 1.54) is 0 Å². The van der Waals surface area contributed by atoms with Crippen molar-refractivity contribution in [2.75, 3.05) is 9.80 Å². The van der Waals surface area contributed by atoms with Gasteiger partial charge in [-0.2, -0.15) is 61.2 Å². The Morgan fingerprint density at radius 3 is 2.00 bits per heavy atom. The van der Waals surface area contributed by atoms with Crippen LogP contribution in [0.1, 0.15) is 44.9 Å². The molecule has 46 heavy (non-hydrogen) atoms. The second-order valence-electron chi connectivity index (χ2n) is 10.7. The summed E-state index contributed by atoms with van der Waals surface area (Å²) in [6.07, 6.45) is -5.27. The van der Waals surface area contributed by atoms with Crippen molar-refractivity contribution in [3.8, 4) is 5.69 Å². The molecule has 0 atom stereocenters. The maximum Gasteiger partial charge on any atom is 0.418 e. The van der Waals surface area contributed by atoms with E-state index in [9.17, 15) is 26.3 Å². The quantitative estimate of drug-likeness (QED) is 0.106. The Hall–Kier alpha value is -3.23. The Labute approximate surface area is 293 Å². The van der Waals surface area contributed by atoms with Crippen LogP contribution in [0.4, 0.5) is 43.5 Å². The summed E-state index contributed by atoms with van der Waals surface area (Å²) >= 11 is 0. The molecule has 6 nitrogen and oxygen atoms in total. The molecule has 1 radical (unpaired) electrons. The molecule has 3 aromatic heterocycles. The molecule has 14 heteroatoms. The summed E-state index contributed by atoms with van der Waals surface area (Å²) < 4.78 is 81.1. The minimum absolute atomic E-state index is 0. The van der Waals surface area contributed by atoms with E-state index >= 15 is 0 Å². The molecule has 0 spiro atoms. The first-order valence-corrected chi connectivity index (χ1v) is 13.8.